The lowest BCUT2D eigenvalue weighted by atomic mass is 10.1. The summed E-state index contributed by atoms with van der Waals surface area (Å²) in [6.45, 7) is 2.12. The monoisotopic (exact) mass is 381 g/mol. The second-order valence-electron chi connectivity index (χ2n) is 6.51. The average Bonchev–Trinajstić information content (AvgIpc) is 3.15. The van der Waals surface area contributed by atoms with Gasteiger partial charge >= 0.3 is 6.18 Å². The number of halogens is 3. The van der Waals surface area contributed by atoms with Gasteiger partial charge in [0.15, 0.2) is 0 Å². The number of aliphatic hydroxyl groups is 1. The third kappa shape index (κ3) is 5.69. The second kappa shape index (κ2) is 8.73. The zero-order chi connectivity index (χ0) is 19.3. The molecular weight excluding hydrogens is 359 g/mol. The maximum absolute atomic E-state index is 12.6. The summed E-state index contributed by atoms with van der Waals surface area (Å²) in [6.07, 6.45) is -4.25. The van der Waals surface area contributed by atoms with E-state index in [0.29, 0.717) is 18.7 Å². The third-order valence-corrected chi connectivity index (χ3v) is 4.40. The Kier molecular flexibility index (Phi) is 6.36. The molecule has 1 heterocycles. The van der Waals surface area contributed by atoms with Crippen molar-refractivity contribution in [3.8, 4) is 5.75 Å². The van der Waals surface area contributed by atoms with Crippen molar-refractivity contribution < 1.29 is 27.8 Å². The number of alkyl halides is 3. The van der Waals surface area contributed by atoms with Crippen molar-refractivity contribution in [3.63, 3.8) is 0 Å². The Bertz CT molecular complexity index is 711. The zero-order valence-electron chi connectivity index (χ0n) is 14.7. The van der Waals surface area contributed by atoms with E-state index < -0.39 is 17.8 Å². The lowest BCUT2D eigenvalue weighted by molar-refractivity contribution is -0.137. The van der Waals surface area contributed by atoms with Gasteiger partial charge in [-0.1, -0.05) is 24.3 Å². The minimum atomic E-state index is -4.37. The quantitative estimate of drug-likeness (QED) is 0.768. The molecule has 0 amide bonds. The highest BCUT2D eigenvalue weighted by Crippen LogP contribution is 2.29. The smallest absolute Gasteiger partial charge is 0.416 e. The van der Waals surface area contributed by atoms with Gasteiger partial charge in [-0.25, -0.2) is 0 Å². The number of aliphatic hydroxyl groups excluding tert-OH is 1. The van der Waals surface area contributed by atoms with Crippen molar-refractivity contribution in [1.82, 2.24) is 5.32 Å². The lowest BCUT2D eigenvalue weighted by Crippen LogP contribution is -2.21. The van der Waals surface area contributed by atoms with Crippen LogP contribution in [0, 0.1) is 0 Å². The molecule has 2 unspecified atom stereocenters. The summed E-state index contributed by atoms with van der Waals surface area (Å²) >= 11 is 0. The van der Waals surface area contributed by atoms with E-state index in [0.717, 1.165) is 36.5 Å². The molecule has 0 aliphatic carbocycles. The van der Waals surface area contributed by atoms with Crippen LogP contribution < -0.4 is 10.1 Å². The van der Waals surface area contributed by atoms with Crippen LogP contribution in [-0.2, 0) is 17.5 Å². The zero-order valence-corrected chi connectivity index (χ0v) is 14.7. The van der Waals surface area contributed by atoms with E-state index in [2.05, 4.69) is 5.32 Å². The molecule has 27 heavy (non-hydrogen) atoms. The van der Waals surface area contributed by atoms with E-state index in [-0.39, 0.29) is 12.6 Å². The van der Waals surface area contributed by atoms with E-state index >= 15 is 0 Å². The van der Waals surface area contributed by atoms with Gasteiger partial charge in [-0.2, -0.15) is 13.2 Å². The molecule has 0 spiro atoms. The molecule has 0 radical (unpaired) electrons. The average molecular weight is 381 g/mol. The van der Waals surface area contributed by atoms with Crippen LogP contribution in [0.15, 0.2) is 48.5 Å². The van der Waals surface area contributed by atoms with E-state index in [4.69, 9.17) is 9.47 Å². The van der Waals surface area contributed by atoms with E-state index in [1.807, 2.05) is 24.3 Å². The fourth-order valence-corrected chi connectivity index (χ4v) is 2.85. The predicted octanol–water partition coefficient (Wildman–Crippen LogP) is 3.70. The maximum Gasteiger partial charge on any atom is 0.416 e. The number of ether oxygens (including phenoxy) is 2. The molecule has 2 atom stereocenters. The van der Waals surface area contributed by atoms with Gasteiger partial charge < -0.3 is 19.9 Å². The van der Waals surface area contributed by atoms with Crippen molar-refractivity contribution in [2.75, 3.05) is 19.8 Å². The Morgan fingerprint density at radius 1 is 1.11 bits per heavy atom. The Morgan fingerprint density at radius 2 is 1.81 bits per heavy atom. The number of nitrogens with one attached hydrogen (secondary N) is 1. The molecule has 146 valence electrons. The molecule has 1 saturated heterocycles. The first kappa shape index (κ1) is 19.7. The molecule has 4 nitrogen and oxygen atoms in total. The van der Waals surface area contributed by atoms with Crippen LogP contribution in [0.5, 0.6) is 5.75 Å². The molecule has 1 aliphatic rings. The maximum atomic E-state index is 12.6. The largest absolute Gasteiger partial charge is 0.488 e. The van der Waals surface area contributed by atoms with Crippen molar-refractivity contribution in [2.24, 2.45) is 0 Å². The third-order valence-electron chi connectivity index (χ3n) is 4.40. The van der Waals surface area contributed by atoms with Crippen molar-refractivity contribution in [2.45, 2.75) is 31.3 Å². The van der Waals surface area contributed by atoms with Crippen molar-refractivity contribution in [3.05, 3.63) is 65.2 Å². The summed E-state index contributed by atoms with van der Waals surface area (Å²) in [5, 5.41) is 13.2. The molecule has 1 fully saturated rings. The first-order valence-electron chi connectivity index (χ1n) is 8.81. The number of benzene rings is 2. The predicted molar refractivity (Wildman–Crippen MR) is 94.4 cm³/mol. The highest BCUT2D eigenvalue weighted by atomic mass is 19.4. The lowest BCUT2D eigenvalue weighted by Gasteiger charge is -2.14. The first-order valence-corrected chi connectivity index (χ1v) is 8.81. The highest BCUT2D eigenvalue weighted by Gasteiger charge is 2.30. The highest BCUT2D eigenvalue weighted by molar-refractivity contribution is 5.28. The summed E-state index contributed by atoms with van der Waals surface area (Å²) in [6, 6.07) is 12.2. The molecule has 7 heteroatoms. The van der Waals surface area contributed by atoms with Gasteiger partial charge in [0, 0.05) is 19.5 Å². The van der Waals surface area contributed by atoms with E-state index in [1.54, 1.807) is 0 Å². The fraction of sp³-hybridized carbons (Fsp3) is 0.400. The molecule has 2 N–H and O–H groups in total. The summed E-state index contributed by atoms with van der Waals surface area (Å²) in [5.74, 6) is 0.791. The Hall–Kier alpha value is -2.09. The van der Waals surface area contributed by atoms with Gasteiger partial charge in [0.05, 0.1) is 24.9 Å². The standard InChI is InChI=1S/C20H22F3NO3/c21-20(22,23)16-5-3-15(4-6-16)19(25)12-24-11-14-1-7-17(8-2-14)27-18-9-10-26-13-18/h1-8,18-19,24-25H,9-13H2. The van der Waals surface area contributed by atoms with Crippen LogP contribution in [0.1, 0.15) is 29.2 Å². The minimum absolute atomic E-state index is 0.104. The number of hydrogen-bond acceptors (Lipinski definition) is 4. The Balaban J connectivity index is 1.44. The summed E-state index contributed by atoms with van der Waals surface area (Å²) < 4.78 is 48.8. The first-order chi connectivity index (χ1) is 12.9. The molecule has 1 aliphatic heterocycles. The number of rotatable bonds is 7. The van der Waals surface area contributed by atoms with Crippen LogP contribution >= 0.6 is 0 Å². The van der Waals surface area contributed by atoms with E-state index in [1.165, 1.54) is 12.1 Å². The van der Waals surface area contributed by atoms with Crippen LogP contribution in [0.2, 0.25) is 0 Å². The SMILES string of the molecule is OC(CNCc1ccc(OC2CCOC2)cc1)c1ccc(C(F)(F)F)cc1. The number of hydrogen-bond donors (Lipinski definition) is 2. The summed E-state index contributed by atoms with van der Waals surface area (Å²) in [7, 11) is 0. The Morgan fingerprint density at radius 3 is 2.41 bits per heavy atom. The fourth-order valence-electron chi connectivity index (χ4n) is 2.85. The molecule has 0 saturated carbocycles. The van der Waals surface area contributed by atoms with Gasteiger partial charge in [0.2, 0.25) is 0 Å². The summed E-state index contributed by atoms with van der Waals surface area (Å²) in [5.41, 5.74) is 0.737. The van der Waals surface area contributed by atoms with Gasteiger partial charge in [-0.05, 0) is 35.4 Å². The molecule has 0 aromatic heterocycles. The van der Waals surface area contributed by atoms with Crippen molar-refractivity contribution >= 4 is 0 Å². The van der Waals surface area contributed by atoms with Crippen LogP contribution in [-0.4, -0.2) is 31.0 Å². The second-order valence-corrected chi connectivity index (χ2v) is 6.51. The molecule has 2 aromatic carbocycles. The van der Waals surface area contributed by atoms with Gasteiger partial charge in [0.25, 0.3) is 0 Å². The molecule has 2 aromatic rings. The van der Waals surface area contributed by atoms with Crippen LogP contribution in [0.4, 0.5) is 13.2 Å². The topological polar surface area (TPSA) is 50.7 Å². The molecular formula is C20H22F3NO3. The Labute approximate surface area is 155 Å². The minimum Gasteiger partial charge on any atom is -0.488 e. The summed E-state index contributed by atoms with van der Waals surface area (Å²) in [4.78, 5) is 0. The van der Waals surface area contributed by atoms with Crippen molar-refractivity contribution in [1.29, 1.82) is 0 Å². The van der Waals surface area contributed by atoms with Gasteiger partial charge in [-0.3, -0.25) is 0 Å². The molecule has 0 bridgehead atoms. The van der Waals surface area contributed by atoms with Crippen LogP contribution in [0.25, 0.3) is 0 Å². The normalized spacial score (nSPS) is 18.4. The van der Waals surface area contributed by atoms with Gasteiger partial charge in [-0.15, -0.1) is 0 Å². The molecule has 3 rings (SSSR count). The van der Waals surface area contributed by atoms with Gasteiger partial charge in [0.1, 0.15) is 11.9 Å². The van der Waals surface area contributed by atoms with E-state index in [9.17, 15) is 18.3 Å². The van der Waals surface area contributed by atoms with Crippen LogP contribution in [0.3, 0.4) is 0 Å².